The minimum Gasteiger partial charge on any atom is -0.495 e. The van der Waals surface area contributed by atoms with E-state index in [1.165, 1.54) is 7.11 Å². The zero-order chi connectivity index (χ0) is 15.0. The van der Waals surface area contributed by atoms with Crippen molar-refractivity contribution < 1.29 is 14.3 Å². The van der Waals surface area contributed by atoms with Gasteiger partial charge in [-0.25, -0.2) is 0 Å². The molecule has 0 saturated heterocycles. The van der Waals surface area contributed by atoms with Crippen molar-refractivity contribution in [1.82, 2.24) is 5.32 Å². The van der Waals surface area contributed by atoms with Crippen molar-refractivity contribution in [3.8, 4) is 17.6 Å². The molecule has 0 aromatic heterocycles. The summed E-state index contributed by atoms with van der Waals surface area (Å²) >= 11 is 0. The van der Waals surface area contributed by atoms with E-state index in [-0.39, 0.29) is 25.4 Å². The molecule has 6 heteroatoms. The number of primary amides is 1. The van der Waals surface area contributed by atoms with Crippen molar-refractivity contribution in [2.45, 2.75) is 6.42 Å². The number of amides is 2. The first-order chi connectivity index (χ1) is 9.58. The molecule has 106 valence electrons. The Bertz CT molecular complexity index is 559. The number of hydrogen-bond acceptors (Lipinski definition) is 4. The summed E-state index contributed by atoms with van der Waals surface area (Å²) in [6.07, 6.45) is 0.0989. The van der Waals surface area contributed by atoms with E-state index in [1.54, 1.807) is 18.2 Å². The molecule has 0 aliphatic heterocycles. The molecule has 0 saturated carbocycles. The van der Waals surface area contributed by atoms with Crippen LogP contribution in [-0.4, -0.2) is 32.0 Å². The molecule has 2 amide bonds. The number of methoxy groups -OCH3 is 1. The number of nitrogens with two attached hydrogens (primary N) is 2. The average Bonchev–Trinajstić information content (AvgIpc) is 2.44. The molecule has 6 nitrogen and oxygen atoms in total. The van der Waals surface area contributed by atoms with Crippen molar-refractivity contribution in [2.75, 3.05) is 20.2 Å². The van der Waals surface area contributed by atoms with Gasteiger partial charge in [0, 0.05) is 18.5 Å². The molecular weight excluding hydrogens is 258 g/mol. The Hall–Kier alpha value is -2.52. The Morgan fingerprint density at radius 1 is 1.40 bits per heavy atom. The van der Waals surface area contributed by atoms with Crippen LogP contribution in [0.2, 0.25) is 0 Å². The maximum atomic E-state index is 11.9. The molecule has 5 N–H and O–H groups in total. The van der Waals surface area contributed by atoms with Crippen LogP contribution in [0.5, 0.6) is 5.75 Å². The van der Waals surface area contributed by atoms with E-state index >= 15 is 0 Å². The summed E-state index contributed by atoms with van der Waals surface area (Å²) in [7, 11) is 1.52. The zero-order valence-corrected chi connectivity index (χ0v) is 11.2. The van der Waals surface area contributed by atoms with Gasteiger partial charge in [0.2, 0.25) is 5.91 Å². The molecule has 0 aliphatic carbocycles. The Kier molecular flexibility index (Phi) is 6.07. The lowest BCUT2D eigenvalue weighted by Crippen LogP contribution is -2.27. The van der Waals surface area contributed by atoms with Crippen LogP contribution in [0.3, 0.4) is 0 Å². The zero-order valence-electron chi connectivity index (χ0n) is 11.2. The summed E-state index contributed by atoms with van der Waals surface area (Å²) in [6, 6.07) is 4.89. The summed E-state index contributed by atoms with van der Waals surface area (Å²) in [5.74, 6) is 5.35. The molecule has 0 bridgehead atoms. The van der Waals surface area contributed by atoms with Crippen molar-refractivity contribution in [3.05, 3.63) is 29.3 Å². The van der Waals surface area contributed by atoms with Crippen LogP contribution in [-0.2, 0) is 4.79 Å². The maximum Gasteiger partial charge on any atom is 0.251 e. The Labute approximate surface area is 117 Å². The summed E-state index contributed by atoms with van der Waals surface area (Å²) in [4.78, 5) is 22.5. The SMILES string of the molecule is COc1ccc(C(=O)NCCC(N)=O)cc1C#CCN. The molecule has 20 heavy (non-hydrogen) atoms. The number of benzene rings is 1. The second-order valence-electron chi connectivity index (χ2n) is 3.89. The van der Waals surface area contributed by atoms with Crippen molar-refractivity contribution in [3.63, 3.8) is 0 Å². The van der Waals surface area contributed by atoms with Crippen LogP contribution in [0.4, 0.5) is 0 Å². The quantitative estimate of drug-likeness (QED) is 0.636. The molecule has 0 unspecified atom stereocenters. The van der Waals surface area contributed by atoms with E-state index in [0.717, 1.165) is 0 Å². The van der Waals surface area contributed by atoms with Gasteiger partial charge in [-0.05, 0) is 18.2 Å². The highest BCUT2D eigenvalue weighted by atomic mass is 16.5. The molecule has 1 rings (SSSR count). The summed E-state index contributed by atoms with van der Waals surface area (Å²) in [6.45, 7) is 0.419. The molecule has 0 aliphatic rings. The van der Waals surface area contributed by atoms with Gasteiger partial charge in [0.1, 0.15) is 5.75 Å². The minimum atomic E-state index is -0.463. The highest BCUT2D eigenvalue weighted by molar-refractivity contribution is 5.95. The number of carbonyl (C=O) groups excluding carboxylic acids is 2. The number of carbonyl (C=O) groups is 2. The fourth-order valence-electron chi connectivity index (χ4n) is 1.49. The molecule has 0 fully saturated rings. The van der Waals surface area contributed by atoms with E-state index in [4.69, 9.17) is 16.2 Å². The van der Waals surface area contributed by atoms with E-state index < -0.39 is 5.91 Å². The minimum absolute atomic E-state index is 0.0989. The van der Waals surface area contributed by atoms with Crippen LogP contribution >= 0.6 is 0 Å². The molecular formula is C14H17N3O3. The first-order valence-electron chi connectivity index (χ1n) is 6.02. The number of hydrogen-bond donors (Lipinski definition) is 3. The predicted octanol–water partition coefficient (Wildman–Crippen LogP) is -0.389. The average molecular weight is 275 g/mol. The van der Waals surface area contributed by atoms with Crippen molar-refractivity contribution in [2.24, 2.45) is 11.5 Å². The molecule has 0 radical (unpaired) electrons. The molecule has 0 heterocycles. The third-order valence-electron chi connectivity index (χ3n) is 2.44. The number of rotatable bonds is 5. The molecule has 0 spiro atoms. The third-order valence-corrected chi connectivity index (χ3v) is 2.44. The summed E-state index contributed by atoms with van der Waals surface area (Å²) < 4.78 is 5.15. The lowest BCUT2D eigenvalue weighted by atomic mass is 10.1. The molecule has 1 aromatic carbocycles. The van der Waals surface area contributed by atoms with Gasteiger partial charge < -0.3 is 21.5 Å². The second-order valence-corrected chi connectivity index (χ2v) is 3.89. The van der Waals surface area contributed by atoms with Gasteiger partial charge in [0.25, 0.3) is 5.91 Å². The van der Waals surface area contributed by atoms with Gasteiger partial charge in [-0.2, -0.15) is 0 Å². The lowest BCUT2D eigenvalue weighted by Gasteiger charge is -2.07. The largest absolute Gasteiger partial charge is 0.495 e. The monoisotopic (exact) mass is 275 g/mol. The first-order valence-corrected chi connectivity index (χ1v) is 6.02. The normalized spacial score (nSPS) is 9.30. The fraction of sp³-hybridized carbons (Fsp3) is 0.286. The Morgan fingerprint density at radius 2 is 2.15 bits per heavy atom. The van der Waals surface area contributed by atoms with Gasteiger partial charge >= 0.3 is 0 Å². The first kappa shape index (κ1) is 15.5. The van der Waals surface area contributed by atoms with E-state index in [2.05, 4.69) is 17.2 Å². The second kappa shape index (κ2) is 7.81. The van der Waals surface area contributed by atoms with Crippen LogP contribution in [0.1, 0.15) is 22.3 Å². The smallest absolute Gasteiger partial charge is 0.251 e. The van der Waals surface area contributed by atoms with Crippen LogP contribution in [0, 0.1) is 11.8 Å². The van der Waals surface area contributed by atoms with Crippen molar-refractivity contribution in [1.29, 1.82) is 0 Å². The highest BCUT2D eigenvalue weighted by Gasteiger charge is 2.09. The Morgan fingerprint density at radius 3 is 2.75 bits per heavy atom. The van der Waals surface area contributed by atoms with Crippen LogP contribution < -0.4 is 21.5 Å². The predicted molar refractivity (Wildman–Crippen MR) is 75.1 cm³/mol. The Balaban J connectivity index is 2.85. The third kappa shape index (κ3) is 4.63. The van der Waals surface area contributed by atoms with Gasteiger partial charge in [-0.1, -0.05) is 11.8 Å². The molecule has 1 aromatic rings. The fourth-order valence-corrected chi connectivity index (χ4v) is 1.49. The molecule has 0 atom stereocenters. The maximum absolute atomic E-state index is 11.9. The van der Waals surface area contributed by atoms with Crippen LogP contribution in [0.25, 0.3) is 0 Å². The number of ether oxygens (including phenoxy) is 1. The summed E-state index contributed by atoms with van der Waals surface area (Å²) in [5.41, 5.74) is 11.3. The van der Waals surface area contributed by atoms with Gasteiger partial charge in [0.15, 0.2) is 0 Å². The number of nitrogens with one attached hydrogen (secondary N) is 1. The highest BCUT2D eigenvalue weighted by Crippen LogP contribution is 2.18. The van der Waals surface area contributed by atoms with Gasteiger partial charge in [0.05, 0.1) is 19.2 Å². The summed E-state index contributed by atoms with van der Waals surface area (Å²) in [5, 5.41) is 2.60. The standard InChI is InChI=1S/C14H17N3O3/c1-20-12-5-4-11(9-10(12)3-2-7-15)14(19)17-8-6-13(16)18/h4-5,9H,6-8,15H2,1H3,(H2,16,18)(H,17,19). The van der Waals surface area contributed by atoms with E-state index in [0.29, 0.717) is 16.9 Å². The van der Waals surface area contributed by atoms with Crippen LogP contribution in [0.15, 0.2) is 18.2 Å². The topological polar surface area (TPSA) is 107 Å². The van der Waals surface area contributed by atoms with Crippen molar-refractivity contribution >= 4 is 11.8 Å². The van der Waals surface area contributed by atoms with E-state index in [1.807, 2.05) is 0 Å². The van der Waals surface area contributed by atoms with E-state index in [9.17, 15) is 9.59 Å². The van der Waals surface area contributed by atoms with Gasteiger partial charge in [-0.15, -0.1) is 0 Å². The lowest BCUT2D eigenvalue weighted by molar-refractivity contribution is -0.117. The van der Waals surface area contributed by atoms with Gasteiger partial charge in [-0.3, -0.25) is 9.59 Å².